The van der Waals surface area contributed by atoms with Crippen LogP contribution in [0.1, 0.15) is 49.0 Å². The maximum Gasteiger partial charge on any atom is 0.318 e. The number of halogens is 1. The third kappa shape index (κ3) is 6.01. The summed E-state index contributed by atoms with van der Waals surface area (Å²) >= 11 is 0. The number of urea groups is 1. The Morgan fingerprint density at radius 3 is 2.84 bits per heavy atom. The van der Waals surface area contributed by atoms with Crippen LogP contribution in [-0.2, 0) is 22.4 Å². The summed E-state index contributed by atoms with van der Waals surface area (Å²) in [5, 5.41) is 6.95. The molecule has 2 saturated heterocycles. The molecule has 1 aromatic carbocycles. The van der Waals surface area contributed by atoms with Crippen LogP contribution in [0.5, 0.6) is 0 Å². The van der Waals surface area contributed by atoms with Crippen molar-refractivity contribution in [1.82, 2.24) is 20.4 Å². The number of aromatic nitrogens is 2. The predicted molar refractivity (Wildman–Crippen MR) is 110 cm³/mol. The summed E-state index contributed by atoms with van der Waals surface area (Å²) in [6, 6.07) is 5.67. The Hall–Kier alpha value is -2.52. The largest absolute Gasteiger partial charge is 0.381 e. The Labute approximate surface area is 181 Å². The van der Waals surface area contributed by atoms with Gasteiger partial charge in [0.15, 0.2) is 5.82 Å². The molecule has 1 unspecified atom stereocenters. The van der Waals surface area contributed by atoms with E-state index >= 15 is 0 Å². The van der Waals surface area contributed by atoms with Crippen molar-refractivity contribution < 1.29 is 23.2 Å². The third-order valence-electron chi connectivity index (χ3n) is 5.80. The zero-order valence-corrected chi connectivity index (χ0v) is 17.6. The summed E-state index contributed by atoms with van der Waals surface area (Å²) in [4.78, 5) is 18.9. The first-order valence-electron chi connectivity index (χ1n) is 11.0. The Morgan fingerprint density at radius 1 is 1.23 bits per heavy atom. The summed E-state index contributed by atoms with van der Waals surface area (Å²) in [6.07, 6.45) is 4.34. The summed E-state index contributed by atoms with van der Waals surface area (Å²) < 4.78 is 29.6. The number of ether oxygens (including phenoxy) is 2. The van der Waals surface area contributed by atoms with E-state index in [1.54, 1.807) is 17.0 Å². The number of carbonyl (C=O) groups is 1. The van der Waals surface area contributed by atoms with E-state index in [1.807, 2.05) is 0 Å². The topological polar surface area (TPSA) is 89.7 Å². The Balaban J connectivity index is 1.24. The van der Waals surface area contributed by atoms with Crippen molar-refractivity contribution in [3.05, 3.63) is 47.4 Å². The molecule has 1 aromatic heterocycles. The van der Waals surface area contributed by atoms with Gasteiger partial charge in [-0.3, -0.25) is 0 Å². The van der Waals surface area contributed by atoms with Crippen molar-refractivity contribution in [2.45, 2.75) is 44.7 Å². The van der Waals surface area contributed by atoms with E-state index in [4.69, 9.17) is 14.0 Å². The van der Waals surface area contributed by atoms with Gasteiger partial charge in [0.1, 0.15) is 11.9 Å². The lowest BCUT2D eigenvalue weighted by Gasteiger charge is -2.22. The second kappa shape index (κ2) is 10.7. The normalized spacial score (nSPS) is 19.6. The van der Waals surface area contributed by atoms with Gasteiger partial charge in [-0.2, -0.15) is 4.98 Å². The van der Waals surface area contributed by atoms with Crippen molar-refractivity contribution >= 4 is 6.03 Å². The lowest BCUT2D eigenvalue weighted by atomic mass is 10.0. The fourth-order valence-corrected chi connectivity index (χ4v) is 3.98. The van der Waals surface area contributed by atoms with Gasteiger partial charge < -0.3 is 24.2 Å². The number of rotatable bonds is 8. The van der Waals surface area contributed by atoms with E-state index in [1.165, 1.54) is 12.1 Å². The smallest absolute Gasteiger partial charge is 0.318 e. The quantitative estimate of drug-likeness (QED) is 0.644. The van der Waals surface area contributed by atoms with Gasteiger partial charge in [-0.15, -0.1) is 0 Å². The molecule has 0 bridgehead atoms. The van der Waals surface area contributed by atoms with Crippen molar-refractivity contribution in [3.63, 3.8) is 0 Å². The fraction of sp³-hybridized carbons (Fsp3) is 0.591. The molecule has 2 fully saturated rings. The van der Waals surface area contributed by atoms with Crippen LogP contribution < -0.4 is 5.32 Å². The molecule has 2 aliphatic heterocycles. The molecule has 0 spiro atoms. The molecular weight excluding hydrogens is 403 g/mol. The number of hydrogen-bond donors (Lipinski definition) is 1. The van der Waals surface area contributed by atoms with E-state index in [0.29, 0.717) is 43.8 Å². The van der Waals surface area contributed by atoms with Crippen LogP contribution in [0.15, 0.2) is 28.8 Å². The molecule has 2 aromatic rings. The Bertz CT molecular complexity index is 838. The summed E-state index contributed by atoms with van der Waals surface area (Å²) in [6.45, 7) is 3.88. The molecule has 1 atom stereocenters. The van der Waals surface area contributed by atoms with Crippen molar-refractivity contribution in [3.8, 4) is 0 Å². The van der Waals surface area contributed by atoms with Crippen LogP contribution in [0, 0.1) is 11.7 Å². The number of nitrogens with zero attached hydrogens (tertiary/aromatic N) is 3. The highest BCUT2D eigenvalue weighted by atomic mass is 19.1. The summed E-state index contributed by atoms with van der Waals surface area (Å²) in [5.74, 6) is 1.33. The minimum atomic E-state index is -0.295. The van der Waals surface area contributed by atoms with Crippen LogP contribution in [0.2, 0.25) is 0 Å². The zero-order valence-electron chi connectivity index (χ0n) is 17.6. The lowest BCUT2D eigenvalue weighted by molar-refractivity contribution is 0.0211. The van der Waals surface area contributed by atoms with Gasteiger partial charge in [0, 0.05) is 39.3 Å². The average molecular weight is 432 g/mol. The fourth-order valence-electron chi connectivity index (χ4n) is 3.98. The molecule has 8 nitrogen and oxygen atoms in total. The molecule has 168 valence electrons. The first-order chi connectivity index (χ1) is 15.2. The Morgan fingerprint density at radius 2 is 2.03 bits per heavy atom. The first-order valence-corrected chi connectivity index (χ1v) is 11.0. The minimum Gasteiger partial charge on any atom is -0.381 e. The first kappa shape index (κ1) is 21.7. The molecule has 0 radical (unpaired) electrons. The van der Waals surface area contributed by atoms with E-state index in [2.05, 4.69) is 15.5 Å². The van der Waals surface area contributed by atoms with E-state index < -0.39 is 0 Å². The van der Waals surface area contributed by atoms with Gasteiger partial charge in [0.05, 0.1) is 6.61 Å². The number of hydrogen-bond acceptors (Lipinski definition) is 6. The van der Waals surface area contributed by atoms with Gasteiger partial charge in [0.2, 0.25) is 5.89 Å². The van der Waals surface area contributed by atoms with Gasteiger partial charge in [-0.25, -0.2) is 9.18 Å². The monoisotopic (exact) mass is 432 g/mol. The average Bonchev–Trinajstić information content (AvgIpc) is 3.46. The second-order valence-corrected chi connectivity index (χ2v) is 8.07. The summed E-state index contributed by atoms with van der Waals surface area (Å²) in [7, 11) is 0. The van der Waals surface area contributed by atoms with Crippen molar-refractivity contribution in [2.75, 3.05) is 33.0 Å². The van der Waals surface area contributed by atoms with Crippen LogP contribution in [0.4, 0.5) is 9.18 Å². The third-order valence-corrected chi connectivity index (χ3v) is 5.80. The maximum atomic E-state index is 13.0. The molecule has 0 aliphatic carbocycles. The molecule has 31 heavy (non-hydrogen) atoms. The van der Waals surface area contributed by atoms with Crippen LogP contribution >= 0.6 is 0 Å². The maximum absolute atomic E-state index is 13.0. The lowest BCUT2D eigenvalue weighted by Crippen LogP contribution is -2.39. The molecule has 4 rings (SSSR count). The number of likely N-dealkylation sites (tertiary alicyclic amines) is 1. The van der Waals surface area contributed by atoms with Crippen LogP contribution in [-0.4, -0.2) is 54.0 Å². The predicted octanol–water partition coefficient (Wildman–Crippen LogP) is 3.24. The Kier molecular flexibility index (Phi) is 7.48. The van der Waals surface area contributed by atoms with Crippen molar-refractivity contribution in [1.29, 1.82) is 0 Å². The SMILES string of the molecule is O=C(NCc1ccc(F)cc1)N1CCCC1c1nc(CCOCC2CCOCC2)no1. The van der Waals surface area contributed by atoms with E-state index in [0.717, 1.165) is 51.1 Å². The molecule has 0 saturated carbocycles. The number of benzene rings is 1. The van der Waals surface area contributed by atoms with Gasteiger partial charge in [0.25, 0.3) is 0 Å². The van der Waals surface area contributed by atoms with Gasteiger partial charge in [-0.05, 0) is 49.3 Å². The minimum absolute atomic E-state index is 0.189. The molecule has 2 amide bonds. The van der Waals surface area contributed by atoms with E-state index in [-0.39, 0.29) is 17.9 Å². The molecule has 3 heterocycles. The van der Waals surface area contributed by atoms with Crippen molar-refractivity contribution in [2.24, 2.45) is 5.92 Å². The standard InChI is InChI=1S/C22H29FN4O4/c23-18-5-3-16(4-6-18)14-24-22(28)27-10-1-2-19(27)21-25-20(26-31-21)9-13-30-15-17-7-11-29-12-8-17/h3-6,17,19H,1-2,7-15H2,(H,24,28). The number of carbonyl (C=O) groups excluding carboxylic acids is 1. The number of nitrogens with one attached hydrogen (secondary N) is 1. The molecular formula is C22H29FN4O4. The second-order valence-electron chi connectivity index (χ2n) is 8.07. The highest BCUT2D eigenvalue weighted by Gasteiger charge is 2.34. The molecule has 2 aliphatic rings. The zero-order chi connectivity index (χ0) is 21.5. The highest BCUT2D eigenvalue weighted by Crippen LogP contribution is 2.30. The summed E-state index contributed by atoms with van der Waals surface area (Å²) in [5.41, 5.74) is 0.839. The van der Waals surface area contributed by atoms with Gasteiger partial charge >= 0.3 is 6.03 Å². The van der Waals surface area contributed by atoms with Gasteiger partial charge in [-0.1, -0.05) is 17.3 Å². The van der Waals surface area contributed by atoms with Crippen LogP contribution in [0.25, 0.3) is 0 Å². The van der Waals surface area contributed by atoms with Crippen LogP contribution in [0.3, 0.4) is 0 Å². The van der Waals surface area contributed by atoms with E-state index in [9.17, 15) is 9.18 Å². The number of amides is 2. The highest BCUT2D eigenvalue weighted by molar-refractivity contribution is 5.74. The molecule has 1 N–H and O–H groups in total. The molecule has 9 heteroatoms.